The first-order chi connectivity index (χ1) is 11.5. The molecule has 1 aromatic rings. The molecule has 0 aliphatic carbocycles. The van der Waals surface area contributed by atoms with Crippen LogP contribution in [-0.4, -0.2) is 78.6 Å². The topological polar surface area (TPSA) is 47.0 Å². The Hall–Kier alpha value is -1.66. The highest BCUT2D eigenvalue weighted by molar-refractivity contribution is 5.96. The number of piperazine rings is 1. The number of rotatable bonds is 3. The van der Waals surface area contributed by atoms with E-state index in [0.717, 1.165) is 51.6 Å². The average molecular weight is 335 g/mol. The molecular formula is C18H26FN3O2. The van der Waals surface area contributed by atoms with Gasteiger partial charge < -0.3 is 19.8 Å². The Morgan fingerprint density at radius 3 is 2.75 bits per heavy atom. The van der Waals surface area contributed by atoms with Gasteiger partial charge in [-0.25, -0.2) is 4.39 Å². The van der Waals surface area contributed by atoms with Crippen LogP contribution in [0.5, 0.6) is 5.75 Å². The van der Waals surface area contributed by atoms with Crippen molar-refractivity contribution in [3.05, 3.63) is 29.6 Å². The Kier molecular flexibility index (Phi) is 5.36. The summed E-state index contributed by atoms with van der Waals surface area (Å²) in [5.74, 6) is -0.471. The number of phenols is 1. The van der Waals surface area contributed by atoms with E-state index < -0.39 is 5.82 Å². The second-order valence-electron chi connectivity index (χ2n) is 7.02. The van der Waals surface area contributed by atoms with Crippen LogP contribution in [0.3, 0.4) is 0 Å². The quantitative estimate of drug-likeness (QED) is 0.912. The summed E-state index contributed by atoms with van der Waals surface area (Å²) in [4.78, 5) is 19.2. The van der Waals surface area contributed by atoms with Gasteiger partial charge in [0, 0.05) is 45.8 Å². The van der Waals surface area contributed by atoms with Crippen LogP contribution in [0.15, 0.2) is 18.2 Å². The molecule has 0 radical (unpaired) electrons. The fourth-order valence-electron chi connectivity index (χ4n) is 3.64. The zero-order valence-corrected chi connectivity index (χ0v) is 14.2. The number of halogens is 1. The van der Waals surface area contributed by atoms with Crippen LogP contribution in [0.25, 0.3) is 0 Å². The molecule has 2 aliphatic heterocycles. The minimum absolute atomic E-state index is 0.0650. The summed E-state index contributed by atoms with van der Waals surface area (Å²) in [6.45, 7) is 6.69. The molecule has 0 aromatic heterocycles. The Labute approximate surface area is 142 Å². The number of hydrogen-bond acceptors (Lipinski definition) is 4. The highest BCUT2D eigenvalue weighted by Gasteiger charge is 2.28. The maximum atomic E-state index is 13.4. The number of phenolic OH excluding ortho intramolecular Hbond substituents is 1. The van der Waals surface area contributed by atoms with E-state index in [9.17, 15) is 14.3 Å². The van der Waals surface area contributed by atoms with Crippen molar-refractivity contribution < 1.29 is 14.3 Å². The second-order valence-corrected chi connectivity index (χ2v) is 7.02. The molecule has 0 bridgehead atoms. The summed E-state index contributed by atoms with van der Waals surface area (Å²) in [7, 11) is 2.14. The second kappa shape index (κ2) is 7.49. The molecule has 1 atom stereocenters. The van der Waals surface area contributed by atoms with E-state index in [4.69, 9.17) is 0 Å². The van der Waals surface area contributed by atoms with E-state index in [2.05, 4.69) is 16.8 Å². The normalized spacial score (nSPS) is 23.4. The first-order valence-corrected chi connectivity index (χ1v) is 8.71. The third-order valence-corrected chi connectivity index (χ3v) is 5.11. The SMILES string of the molecule is CN1CCN(C[C@H]2CCCN(C(=O)c3cc(F)ccc3O)C2)CC1. The van der Waals surface area contributed by atoms with E-state index >= 15 is 0 Å². The molecule has 2 saturated heterocycles. The predicted molar refractivity (Wildman–Crippen MR) is 90.6 cm³/mol. The number of carbonyl (C=O) groups excluding carboxylic acids is 1. The highest BCUT2D eigenvalue weighted by atomic mass is 19.1. The molecule has 1 N–H and O–H groups in total. The van der Waals surface area contributed by atoms with E-state index in [-0.39, 0.29) is 17.2 Å². The predicted octanol–water partition coefficient (Wildman–Crippen LogP) is 1.63. The first kappa shape index (κ1) is 17.2. The monoisotopic (exact) mass is 335 g/mol. The first-order valence-electron chi connectivity index (χ1n) is 8.71. The summed E-state index contributed by atoms with van der Waals surface area (Å²) >= 11 is 0. The van der Waals surface area contributed by atoms with Gasteiger partial charge in [-0.15, -0.1) is 0 Å². The smallest absolute Gasteiger partial charge is 0.257 e. The van der Waals surface area contributed by atoms with Crippen molar-refractivity contribution in [1.82, 2.24) is 14.7 Å². The summed E-state index contributed by atoms with van der Waals surface area (Å²) in [5.41, 5.74) is 0.0650. The Morgan fingerprint density at radius 2 is 2.00 bits per heavy atom. The van der Waals surface area contributed by atoms with Crippen LogP contribution in [0.4, 0.5) is 4.39 Å². The van der Waals surface area contributed by atoms with Crippen LogP contribution in [0, 0.1) is 11.7 Å². The molecule has 0 spiro atoms. The van der Waals surface area contributed by atoms with Crippen molar-refractivity contribution in [2.75, 3.05) is 52.9 Å². The number of hydrogen-bond donors (Lipinski definition) is 1. The van der Waals surface area contributed by atoms with Crippen molar-refractivity contribution in [3.63, 3.8) is 0 Å². The van der Waals surface area contributed by atoms with Crippen LogP contribution in [0.1, 0.15) is 23.2 Å². The molecule has 6 heteroatoms. The Balaban J connectivity index is 1.60. The molecule has 132 valence electrons. The molecule has 0 unspecified atom stereocenters. The Bertz CT molecular complexity index is 588. The fraction of sp³-hybridized carbons (Fsp3) is 0.611. The van der Waals surface area contributed by atoms with Gasteiger partial charge in [0.25, 0.3) is 5.91 Å². The minimum Gasteiger partial charge on any atom is -0.507 e. The zero-order valence-electron chi connectivity index (χ0n) is 14.2. The molecule has 2 fully saturated rings. The van der Waals surface area contributed by atoms with Gasteiger partial charge in [0.05, 0.1) is 5.56 Å². The molecule has 1 amide bonds. The van der Waals surface area contributed by atoms with Crippen molar-refractivity contribution in [2.24, 2.45) is 5.92 Å². The van der Waals surface area contributed by atoms with Gasteiger partial charge in [-0.1, -0.05) is 0 Å². The summed E-state index contributed by atoms with van der Waals surface area (Å²) in [6, 6.07) is 3.54. The zero-order chi connectivity index (χ0) is 17.1. The van der Waals surface area contributed by atoms with E-state index in [0.29, 0.717) is 19.0 Å². The van der Waals surface area contributed by atoms with Crippen molar-refractivity contribution in [1.29, 1.82) is 0 Å². The molecule has 5 nitrogen and oxygen atoms in total. The Morgan fingerprint density at radius 1 is 1.25 bits per heavy atom. The molecule has 24 heavy (non-hydrogen) atoms. The average Bonchev–Trinajstić information content (AvgIpc) is 2.59. The highest BCUT2D eigenvalue weighted by Crippen LogP contribution is 2.24. The largest absolute Gasteiger partial charge is 0.507 e. The van der Waals surface area contributed by atoms with E-state index in [1.54, 1.807) is 4.90 Å². The number of aromatic hydroxyl groups is 1. The van der Waals surface area contributed by atoms with Crippen LogP contribution in [-0.2, 0) is 0 Å². The van der Waals surface area contributed by atoms with Gasteiger partial charge in [0.1, 0.15) is 11.6 Å². The standard InChI is InChI=1S/C18H26FN3O2/c1-20-7-9-21(10-8-20)12-14-3-2-6-22(13-14)18(24)16-11-15(19)4-5-17(16)23/h4-5,11,14,23H,2-3,6-10,12-13H2,1H3/t14-/m1/s1. The lowest BCUT2D eigenvalue weighted by Crippen LogP contribution is -2.49. The van der Waals surface area contributed by atoms with E-state index in [1.165, 1.54) is 12.1 Å². The summed E-state index contributed by atoms with van der Waals surface area (Å²) in [5, 5.41) is 9.86. The number of piperidine rings is 1. The van der Waals surface area contributed by atoms with E-state index in [1.807, 2.05) is 0 Å². The maximum absolute atomic E-state index is 13.4. The molecule has 2 heterocycles. The number of carbonyl (C=O) groups is 1. The van der Waals surface area contributed by atoms with Gasteiger partial charge in [-0.05, 0) is 44.0 Å². The lowest BCUT2D eigenvalue weighted by Gasteiger charge is -2.38. The molecular weight excluding hydrogens is 309 g/mol. The lowest BCUT2D eigenvalue weighted by molar-refractivity contribution is 0.0606. The summed E-state index contributed by atoms with van der Waals surface area (Å²) < 4.78 is 13.4. The third-order valence-electron chi connectivity index (χ3n) is 5.11. The van der Waals surface area contributed by atoms with Gasteiger partial charge in [-0.2, -0.15) is 0 Å². The molecule has 2 aliphatic rings. The molecule has 1 aromatic carbocycles. The fourth-order valence-corrected chi connectivity index (χ4v) is 3.64. The van der Waals surface area contributed by atoms with Crippen molar-refractivity contribution >= 4 is 5.91 Å². The van der Waals surface area contributed by atoms with Crippen LogP contribution < -0.4 is 0 Å². The third kappa shape index (κ3) is 4.05. The number of likely N-dealkylation sites (N-methyl/N-ethyl adjacent to an activating group) is 1. The van der Waals surface area contributed by atoms with Gasteiger partial charge in [0.2, 0.25) is 0 Å². The van der Waals surface area contributed by atoms with Gasteiger partial charge in [0.15, 0.2) is 0 Å². The van der Waals surface area contributed by atoms with Crippen molar-refractivity contribution in [3.8, 4) is 5.75 Å². The number of benzene rings is 1. The van der Waals surface area contributed by atoms with Crippen LogP contribution >= 0.6 is 0 Å². The number of likely N-dealkylation sites (tertiary alicyclic amines) is 1. The lowest BCUT2D eigenvalue weighted by atomic mass is 9.96. The van der Waals surface area contributed by atoms with Gasteiger partial charge in [-0.3, -0.25) is 4.79 Å². The van der Waals surface area contributed by atoms with Crippen LogP contribution in [0.2, 0.25) is 0 Å². The molecule has 3 rings (SSSR count). The molecule has 0 saturated carbocycles. The number of amides is 1. The summed E-state index contributed by atoms with van der Waals surface area (Å²) in [6.07, 6.45) is 2.07. The minimum atomic E-state index is -0.498. The number of nitrogens with zero attached hydrogens (tertiary/aromatic N) is 3. The maximum Gasteiger partial charge on any atom is 0.257 e. The van der Waals surface area contributed by atoms with Crippen molar-refractivity contribution in [2.45, 2.75) is 12.8 Å². The van der Waals surface area contributed by atoms with Gasteiger partial charge >= 0.3 is 0 Å².